The van der Waals surface area contributed by atoms with E-state index in [1.807, 2.05) is 57.2 Å². The van der Waals surface area contributed by atoms with Gasteiger partial charge in [0.2, 0.25) is 0 Å². The molecule has 1 amide bonds. The Morgan fingerprint density at radius 3 is 2.66 bits per heavy atom. The third-order valence-electron chi connectivity index (χ3n) is 5.43. The molecule has 0 spiro atoms. The number of rotatable bonds is 3. The number of aromatic nitrogens is 1. The van der Waals surface area contributed by atoms with Crippen molar-refractivity contribution in [3.63, 3.8) is 0 Å². The van der Waals surface area contributed by atoms with Crippen LogP contribution in [-0.4, -0.2) is 45.8 Å². The highest BCUT2D eigenvalue weighted by molar-refractivity contribution is 5.96. The van der Waals surface area contributed by atoms with Gasteiger partial charge in [0.15, 0.2) is 0 Å². The molecular formula is C25H28N4O3. The van der Waals surface area contributed by atoms with E-state index in [9.17, 15) is 9.59 Å². The van der Waals surface area contributed by atoms with E-state index < -0.39 is 11.6 Å². The first kappa shape index (κ1) is 21.7. The van der Waals surface area contributed by atoms with Crippen molar-refractivity contribution in [2.75, 3.05) is 6.54 Å². The smallest absolute Gasteiger partial charge is 0.329 e. The van der Waals surface area contributed by atoms with E-state index in [1.54, 1.807) is 17.2 Å². The van der Waals surface area contributed by atoms with Crippen molar-refractivity contribution in [1.29, 1.82) is 0 Å². The fraction of sp³-hybridized carbons (Fsp3) is 0.360. The van der Waals surface area contributed by atoms with E-state index in [2.05, 4.69) is 9.98 Å². The normalized spacial score (nSPS) is 18.0. The molecule has 166 valence electrons. The molecule has 0 unspecified atom stereocenters. The average molecular weight is 433 g/mol. The molecular weight excluding hydrogens is 404 g/mol. The van der Waals surface area contributed by atoms with Gasteiger partial charge in [0.1, 0.15) is 23.2 Å². The summed E-state index contributed by atoms with van der Waals surface area (Å²) in [5.41, 5.74) is 9.28. The number of benzene rings is 1. The summed E-state index contributed by atoms with van der Waals surface area (Å²) in [4.78, 5) is 36.1. The Labute approximate surface area is 188 Å². The Bertz CT molecular complexity index is 1100. The van der Waals surface area contributed by atoms with Crippen LogP contribution in [0, 0.1) is 0 Å². The van der Waals surface area contributed by atoms with Gasteiger partial charge in [0, 0.05) is 24.7 Å². The largest absolute Gasteiger partial charge is 0.458 e. The highest BCUT2D eigenvalue weighted by atomic mass is 16.6. The number of hydrogen-bond acceptors (Lipinski definition) is 6. The van der Waals surface area contributed by atoms with E-state index in [0.717, 1.165) is 28.8 Å². The molecule has 1 fully saturated rings. The Morgan fingerprint density at radius 2 is 1.94 bits per heavy atom. The van der Waals surface area contributed by atoms with Crippen LogP contribution < -0.4 is 5.73 Å². The van der Waals surface area contributed by atoms with Gasteiger partial charge in [-0.1, -0.05) is 30.4 Å². The lowest BCUT2D eigenvalue weighted by molar-refractivity contribution is -0.159. The van der Waals surface area contributed by atoms with E-state index in [-0.39, 0.29) is 11.9 Å². The number of pyridine rings is 1. The van der Waals surface area contributed by atoms with Crippen LogP contribution in [-0.2, 0) is 9.53 Å². The lowest BCUT2D eigenvalue weighted by atomic mass is 10.0. The Hall–Kier alpha value is -3.48. The van der Waals surface area contributed by atoms with Crippen molar-refractivity contribution in [3.8, 4) is 11.1 Å². The number of carbonyl (C=O) groups is 2. The van der Waals surface area contributed by atoms with Crippen LogP contribution in [0.1, 0.15) is 56.1 Å². The van der Waals surface area contributed by atoms with Gasteiger partial charge >= 0.3 is 5.97 Å². The molecule has 1 aromatic carbocycles. The second kappa shape index (κ2) is 8.57. The molecule has 1 saturated heterocycles. The number of carbonyl (C=O) groups excluding carboxylic acids is 2. The predicted octanol–water partition coefficient (Wildman–Crippen LogP) is 4.10. The molecule has 7 heteroatoms. The quantitative estimate of drug-likeness (QED) is 0.737. The Kier molecular flexibility index (Phi) is 5.82. The van der Waals surface area contributed by atoms with Gasteiger partial charge in [-0.3, -0.25) is 9.78 Å². The van der Waals surface area contributed by atoms with Gasteiger partial charge < -0.3 is 15.4 Å². The summed E-state index contributed by atoms with van der Waals surface area (Å²) >= 11 is 0. The van der Waals surface area contributed by atoms with E-state index in [0.29, 0.717) is 30.9 Å². The first-order valence-corrected chi connectivity index (χ1v) is 10.9. The minimum absolute atomic E-state index is 0.255. The number of likely N-dealkylation sites (tertiary alicyclic amines) is 1. The first-order chi connectivity index (χ1) is 15.2. The monoisotopic (exact) mass is 432 g/mol. The van der Waals surface area contributed by atoms with Crippen LogP contribution in [0.2, 0.25) is 0 Å². The van der Waals surface area contributed by atoms with Crippen molar-refractivity contribution in [3.05, 3.63) is 53.9 Å². The number of ether oxygens (including phenoxy) is 1. The fourth-order valence-electron chi connectivity index (χ4n) is 3.93. The second-order valence-electron chi connectivity index (χ2n) is 9.11. The highest BCUT2D eigenvalue weighted by Gasteiger charge is 2.37. The SMILES string of the molecule is CC(C)(C)OC(=O)[C@H]1CCCN1C(=O)c1ccc(-c2ccc3c(c2)N=C(N)CC=C3)cn1. The van der Waals surface area contributed by atoms with Crippen molar-refractivity contribution in [2.24, 2.45) is 10.7 Å². The Balaban J connectivity index is 1.53. The summed E-state index contributed by atoms with van der Waals surface area (Å²) in [7, 11) is 0. The standard InChI is InChI=1S/C25H28N4O3/c1-25(2,3)32-24(31)21-7-5-13-29(21)23(30)19-12-11-18(15-27-19)17-10-9-16-6-4-8-22(26)28-20(16)14-17/h4,6,9-12,14-15,21H,5,7-8,13H2,1-3H3,(H2,26,28)/t21-/m1/s1. The Morgan fingerprint density at radius 1 is 1.16 bits per heavy atom. The van der Waals surface area contributed by atoms with Gasteiger partial charge in [-0.05, 0) is 56.9 Å². The maximum Gasteiger partial charge on any atom is 0.329 e. The zero-order valence-corrected chi connectivity index (χ0v) is 18.7. The minimum atomic E-state index is -0.591. The first-order valence-electron chi connectivity index (χ1n) is 10.9. The third kappa shape index (κ3) is 4.72. The molecule has 3 heterocycles. The van der Waals surface area contributed by atoms with Gasteiger partial charge in [-0.2, -0.15) is 0 Å². The molecule has 0 aliphatic carbocycles. The summed E-state index contributed by atoms with van der Waals surface area (Å²) in [6, 6.07) is 8.96. The second-order valence-corrected chi connectivity index (χ2v) is 9.11. The van der Waals surface area contributed by atoms with Crippen molar-refractivity contribution in [1.82, 2.24) is 9.88 Å². The lowest BCUT2D eigenvalue weighted by Gasteiger charge is -2.27. The molecule has 32 heavy (non-hydrogen) atoms. The molecule has 2 aromatic rings. The molecule has 0 saturated carbocycles. The summed E-state index contributed by atoms with van der Waals surface area (Å²) < 4.78 is 5.50. The number of hydrogen-bond donors (Lipinski definition) is 1. The van der Waals surface area contributed by atoms with E-state index in [1.165, 1.54) is 0 Å². The van der Waals surface area contributed by atoms with Crippen molar-refractivity contribution in [2.45, 2.75) is 51.7 Å². The minimum Gasteiger partial charge on any atom is -0.458 e. The van der Waals surface area contributed by atoms with Crippen LogP contribution >= 0.6 is 0 Å². The average Bonchev–Trinajstić information content (AvgIpc) is 3.15. The van der Waals surface area contributed by atoms with Crippen LogP contribution in [0.3, 0.4) is 0 Å². The number of nitrogens with two attached hydrogens (primary N) is 1. The van der Waals surface area contributed by atoms with Gasteiger partial charge in [-0.25, -0.2) is 9.79 Å². The van der Waals surface area contributed by atoms with E-state index in [4.69, 9.17) is 10.5 Å². The number of fused-ring (bicyclic) bond motifs is 1. The lowest BCUT2D eigenvalue weighted by Crippen LogP contribution is -2.43. The summed E-state index contributed by atoms with van der Waals surface area (Å²) in [6.07, 6.45) is 7.68. The molecule has 2 aliphatic heterocycles. The number of amidine groups is 1. The fourth-order valence-corrected chi connectivity index (χ4v) is 3.93. The zero-order chi connectivity index (χ0) is 22.9. The van der Waals surface area contributed by atoms with E-state index >= 15 is 0 Å². The van der Waals surface area contributed by atoms with Gasteiger partial charge in [0.05, 0.1) is 5.69 Å². The summed E-state index contributed by atoms with van der Waals surface area (Å²) in [5, 5.41) is 0. The third-order valence-corrected chi connectivity index (χ3v) is 5.43. The molecule has 1 aromatic heterocycles. The molecule has 1 atom stereocenters. The topological polar surface area (TPSA) is 97.9 Å². The highest BCUT2D eigenvalue weighted by Crippen LogP contribution is 2.30. The number of nitrogens with zero attached hydrogens (tertiary/aromatic N) is 3. The van der Waals surface area contributed by atoms with Crippen LogP contribution in [0.5, 0.6) is 0 Å². The predicted molar refractivity (Wildman–Crippen MR) is 125 cm³/mol. The number of esters is 1. The zero-order valence-electron chi connectivity index (χ0n) is 18.7. The molecule has 0 bridgehead atoms. The molecule has 2 N–H and O–H groups in total. The number of amides is 1. The van der Waals surface area contributed by atoms with Crippen LogP contribution in [0.25, 0.3) is 17.2 Å². The summed E-state index contributed by atoms with van der Waals surface area (Å²) in [5.74, 6) is -0.0467. The molecule has 4 rings (SSSR count). The van der Waals surface area contributed by atoms with Crippen LogP contribution in [0.4, 0.5) is 5.69 Å². The van der Waals surface area contributed by atoms with Crippen LogP contribution in [0.15, 0.2) is 47.6 Å². The molecule has 7 nitrogen and oxygen atoms in total. The maximum absolute atomic E-state index is 13.1. The maximum atomic E-state index is 13.1. The number of aliphatic imine (C=N–C) groups is 1. The van der Waals surface area contributed by atoms with Gasteiger partial charge in [-0.15, -0.1) is 0 Å². The summed E-state index contributed by atoms with van der Waals surface area (Å²) in [6.45, 7) is 5.99. The van der Waals surface area contributed by atoms with Gasteiger partial charge in [0.25, 0.3) is 5.91 Å². The van der Waals surface area contributed by atoms with Crippen molar-refractivity contribution >= 4 is 29.5 Å². The molecule has 2 aliphatic rings. The molecule has 0 radical (unpaired) electrons. The van der Waals surface area contributed by atoms with Crippen molar-refractivity contribution < 1.29 is 14.3 Å².